The molecule has 0 saturated heterocycles. The van der Waals surface area contributed by atoms with E-state index in [0.717, 1.165) is 5.56 Å². The summed E-state index contributed by atoms with van der Waals surface area (Å²) in [5, 5.41) is 0.271. The van der Waals surface area contributed by atoms with Gasteiger partial charge in [-0.05, 0) is 6.92 Å². The molecule has 4 heteroatoms. The minimum Gasteiger partial charge on any atom is -0.495 e. The molecule has 0 radical (unpaired) electrons. The topological polar surface area (TPSA) is 39.2 Å². The highest BCUT2D eigenvalue weighted by molar-refractivity contribution is 6.34. The average Bonchev–Trinajstić information content (AvgIpc) is 2.06. The van der Waals surface area contributed by atoms with E-state index in [2.05, 4.69) is 4.98 Å². The van der Waals surface area contributed by atoms with Gasteiger partial charge in [-0.15, -0.1) is 0 Å². The largest absolute Gasteiger partial charge is 0.495 e. The number of methoxy groups -OCH3 is 1. The molecule has 1 aromatic heterocycles. The third-order valence-corrected chi connectivity index (χ3v) is 1.86. The van der Waals surface area contributed by atoms with Crippen LogP contribution >= 0.6 is 11.6 Å². The van der Waals surface area contributed by atoms with E-state index >= 15 is 0 Å². The lowest BCUT2D eigenvalue weighted by Crippen LogP contribution is -1.95. The molecule has 0 aromatic carbocycles. The second-order valence-electron chi connectivity index (χ2n) is 2.29. The smallest absolute Gasteiger partial charge is 0.170 e. The van der Waals surface area contributed by atoms with Crippen LogP contribution < -0.4 is 4.74 Å². The molecular formula is C8H8ClNO2. The fourth-order valence-corrected chi connectivity index (χ4v) is 1.22. The fourth-order valence-electron chi connectivity index (χ4n) is 0.904. The second kappa shape index (κ2) is 3.54. The van der Waals surface area contributed by atoms with Gasteiger partial charge in [-0.25, -0.2) is 0 Å². The maximum absolute atomic E-state index is 10.4. The van der Waals surface area contributed by atoms with Gasteiger partial charge in [-0.2, -0.15) is 0 Å². The first-order valence-electron chi connectivity index (χ1n) is 3.35. The molecule has 3 nitrogen and oxygen atoms in total. The number of halogens is 1. The Hall–Kier alpha value is -1.09. The Morgan fingerprint density at radius 2 is 2.33 bits per heavy atom. The van der Waals surface area contributed by atoms with E-state index in [0.29, 0.717) is 12.0 Å². The van der Waals surface area contributed by atoms with Crippen molar-refractivity contribution < 1.29 is 9.53 Å². The summed E-state index contributed by atoms with van der Waals surface area (Å²) in [7, 11) is 1.50. The molecule has 0 atom stereocenters. The first-order chi connectivity index (χ1) is 5.70. The summed E-state index contributed by atoms with van der Waals surface area (Å²) in [4.78, 5) is 14.2. The summed E-state index contributed by atoms with van der Waals surface area (Å²) in [6.45, 7) is 1.81. The lowest BCUT2D eigenvalue weighted by atomic mass is 10.2. The highest BCUT2D eigenvalue weighted by Crippen LogP contribution is 2.28. The number of carbonyl (C=O) groups is 1. The predicted octanol–water partition coefficient (Wildman–Crippen LogP) is 1.86. The predicted molar refractivity (Wildman–Crippen MR) is 45.9 cm³/mol. The van der Waals surface area contributed by atoms with Gasteiger partial charge >= 0.3 is 0 Å². The van der Waals surface area contributed by atoms with Gasteiger partial charge in [0, 0.05) is 11.8 Å². The third kappa shape index (κ3) is 1.41. The number of ether oxygens (including phenoxy) is 1. The van der Waals surface area contributed by atoms with Crippen LogP contribution in [0.5, 0.6) is 5.75 Å². The summed E-state index contributed by atoms with van der Waals surface area (Å²) in [6.07, 6.45) is 2.15. The number of aryl methyl sites for hydroxylation is 1. The zero-order valence-electron chi connectivity index (χ0n) is 6.80. The van der Waals surface area contributed by atoms with Crippen LogP contribution in [0.4, 0.5) is 0 Å². The molecular weight excluding hydrogens is 178 g/mol. The monoisotopic (exact) mass is 185 g/mol. The maximum atomic E-state index is 10.4. The van der Waals surface area contributed by atoms with Gasteiger partial charge in [-0.3, -0.25) is 9.78 Å². The van der Waals surface area contributed by atoms with E-state index in [9.17, 15) is 4.79 Å². The van der Waals surface area contributed by atoms with Crippen molar-refractivity contribution in [1.82, 2.24) is 4.98 Å². The van der Waals surface area contributed by atoms with E-state index in [1.54, 1.807) is 6.20 Å². The van der Waals surface area contributed by atoms with Crippen LogP contribution in [-0.4, -0.2) is 18.4 Å². The van der Waals surface area contributed by atoms with Crippen molar-refractivity contribution in [3.63, 3.8) is 0 Å². The van der Waals surface area contributed by atoms with Gasteiger partial charge in [0.25, 0.3) is 0 Å². The minimum absolute atomic E-state index is 0.208. The van der Waals surface area contributed by atoms with Gasteiger partial charge in [0.2, 0.25) is 0 Å². The molecule has 0 unspecified atom stereocenters. The highest BCUT2D eigenvalue weighted by atomic mass is 35.5. The van der Waals surface area contributed by atoms with Crippen molar-refractivity contribution in [2.45, 2.75) is 6.92 Å². The zero-order chi connectivity index (χ0) is 9.14. The number of hydrogen-bond acceptors (Lipinski definition) is 3. The molecule has 12 heavy (non-hydrogen) atoms. The van der Waals surface area contributed by atoms with Crippen LogP contribution in [0.25, 0.3) is 0 Å². The molecule has 1 heterocycles. The number of hydrogen-bond donors (Lipinski definition) is 0. The van der Waals surface area contributed by atoms with Crippen molar-refractivity contribution in [3.8, 4) is 5.75 Å². The summed E-state index contributed by atoms with van der Waals surface area (Å²) in [6, 6.07) is 0. The van der Waals surface area contributed by atoms with Gasteiger partial charge in [0.05, 0.1) is 7.11 Å². The van der Waals surface area contributed by atoms with Gasteiger partial charge < -0.3 is 4.74 Å². The first-order valence-corrected chi connectivity index (χ1v) is 3.72. The van der Waals surface area contributed by atoms with Gasteiger partial charge in [0.1, 0.15) is 16.5 Å². The molecule has 1 aromatic rings. The van der Waals surface area contributed by atoms with Crippen molar-refractivity contribution in [2.75, 3.05) is 7.11 Å². The normalized spacial score (nSPS) is 9.58. The first kappa shape index (κ1) is 9.00. The molecule has 64 valence electrons. The molecule has 1 rings (SSSR count). The Kier molecular flexibility index (Phi) is 2.65. The van der Waals surface area contributed by atoms with Crippen LogP contribution in [0.2, 0.25) is 5.02 Å². The molecule has 0 bridgehead atoms. The number of pyridine rings is 1. The molecule has 0 aliphatic rings. The summed E-state index contributed by atoms with van der Waals surface area (Å²) in [5.74, 6) is 0.508. The van der Waals surface area contributed by atoms with Crippen molar-refractivity contribution in [2.24, 2.45) is 0 Å². The quantitative estimate of drug-likeness (QED) is 0.661. The average molecular weight is 186 g/mol. The van der Waals surface area contributed by atoms with Crippen LogP contribution in [-0.2, 0) is 0 Å². The molecule has 0 amide bonds. The standard InChI is InChI=1S/C8H8ClNO2/c1-5-3-10-6(4-11)7(9)8(5)12-2/h3-4H,1-2H3. The SMILES string of the molecule is COc1c(C)cnc(C=O)c1Cl. The lowest BCUT2D eigenvalue weighted by molar-refractivity contribution is 0.111. The molecule has 0 spiro atoms. The van der Waals surface area contributed by atoms with Crippen molar-refractivity contribution in [1.29, 1.82) is 0 Å². The number of aldehydes is 1. The Morgan fingerprint density at radius 1 is 1.67 bits per heavy atom. The number of aromatic nitrogens is 1. The summed E-state index contributed by atoms with van der Waals surface area (Å²) >= 11 is 5.80. The molecule has 0 N–H and O–H groups in total. The minimum atomic E-state index is 0.208. The van der Waals surface area contributed by atoms with Crippen LogP contribution in [0.3, 0.4) is 0 Å². The third-order valence-electron chi connectivity index (χ3n) is 1.50. The van der Waals surface area contributed by atoms with Crippen LogP contribution in [0.1, 0.15) is 16.1 Å². The summed E-state index contributed by atoms with van der Waals surface area (Å²) < 4.78 is 4.99. The van der Waals surface area contributed by atoms with Gasteiger partial charge in [-0.1, -0.05) is 11.6 Å². The Morgan fingerprint density at radius 3 is 2.83 bits per heavy atom. The van der Waals surface area contributed by atoms with E-state index in [1.807, 2.05) is 6.92 Å². The van der Waals surface area contributed by atoms with E-state index in [1.165, 1.54) is 7.11 Å². The van der Waals surface area contributed by atoms with E-state index in [-0.39, 0.29) is 10.7 Å². The van der Waals surface area contributed by atoms with E-state index in [4.69, 9.17) is 16.3 Å². The molecule has 0 saturated carbocycles. The summed E-state index contributed by atoms with van der Waals surface area (Å²) in [5.41, 5.74) is 1.02. The Bertz CT molecular complexity index is 312. The Labute approximate surface area is 75.3 Å². The molecule has 0 fully saturated rings. The van der Waals surface area contributed by atoms with Gasteiger partial charge in [0.15, 0.2) is 6.29 Å². The molecule has 0 aliphatic heterocycles. The van der Waals surface area contributed by atoms with E-state index < -0.39 is 0 Å². The molecule has 0 aliphatic carbocycles. The van der Waals surface area contributed by atoms with Crippen molar-refractivity contribution in [3.05, 3.63) is 22.5 Å². The lowest BCUT2D eigenvalue weighted by Gasteiger charge is -2.06. The van der Waals surface area contributed by atoms with Crippen LogP contribution in [0.15, 0.2) is 6.20 Å². The number of nitrogens with zero attached hydrogens (tertiary/aromatic N) is 1. The zero-order valence-corrected chi connectivity index (χ0v) is 7.55. The van der Waals surface area contributed by atoms with Crippen molar-refractivity contribution >= 4 is 17.9 Å². The maximum Gasteiger partial charge on any atom is 0.170 e. The van der Waals surface area contributed by atoms with Crippen LogP contribution in [0, 0.1) is 6.92 Å². The highest BCUT2D eigenvalue weighted by Gasteiger charge is 2.09. The number of carbonyl (C=O) groups excluding carboxylic acids is 1. The number of rotatable bonds is 2. The Balaban J connectivity index is 3.33. The second-order valence-corrected chi connectivity index (χ2v) is 2.67. The fraction of sp³-hybridized carbons (Fsp3) is 0.250.